The number of fused-ring (bicyclic) bond motifs is 2. The van der Waals surface area contributed by atoms with Gasteiger partial charge in [-0.15, -0.1) is 0 Å². The van der Waals surface area contributed by atoms with Crippen molar-refractivity contribution in [1.82, 2.24) is 4.72 Å². The molecule has 4 aliphatic carbocycles. The van der Waals surface area contributed by atoms with Crippen LogP contribution in [0.4, 0.5) is 0 Å². The van der Waals surface area contributed by atoms with Gasteiger partial charge in [0.2, 0.25) is 0 Å². The lowest BCUT2D eigenvalue weighted by Crippen LogP contribution is -2.53. The van der Waals surface area contributed by atoms with Crippen LogP contribution in [-0.2, 0) is 16.4 Å². The van der Waals surface area contributed by atoms with Crippen molar-refractivity contribution in [3.63, 3.8) is 0 Å². The second-order valence-corrected chi connectivity index (χ2v) is 20.5. The minimum absolute atomic E-state index is 0.0276. The molecule has 4 bridgehead atoms. The van der Waals surface area contributed by atoms with Gasteiger partial charge < -0.3 is 4.74 Å². The number of ether oxygens (including phenoxy) is 1. The van der Waals surface area contributed by atoms with E-state index < -0.39 is 18.9 Å². The Hall–Kier alpha value is -2.78. The molecule has 0 amide bonds. The van der Waals surface area contributed by atoms with Crippen molar-refractivity contribution in [2.45, 2.75) is 89.3 Å². The first-order valence-electron chi connectivity index (χ1n) is 17.6. The summed E-state index contributed by atoms with van der Waals surface area (Å²) in [4.78, 5) is 0. The highest BCUT2D eigenvalue weighted by Gasteiger charge is 2.56. The lowest BCUT2D eigenvalue weighted by molar-refractivity contribution is -0.0709. The summed E-state index contributed by atoms with van der Waals surface area (Å²) in [7, 11) is -2.07. The number of para-hydroxylation sites is 2. The minimum Gasteiger partial charge on any atom is -0.456 e. The molecule has 1 heterocycles. The van der Waals surface area contributed by atoms with Gasteiger partial charge >= 0.3 is 0 Å². The smallest absolute Gasteiger partial charge is 0.139 e. The fourth-order valence-corrected chi connectivity index (χ4v) is 13.2. The van der Waals surface area contributed by atoms with Gasteiger partial charge in [0.05, 0.1) is 21.8 Å². The number of rotatable bonds is 7. The van der Waals surface area contributed by atoms with Gasteiger partial charge in [-0.05, 0) is 101 Å². The van der Waals surface area contributed by atoms with Gasteiger partial charge in [-0.3, -0.25) is 0 Å². The van der Waals surface area contributed by atoms with Crippen molar-refractivity contribution in [2.75, 3.05) is 0 Å². The molecule has 47 heavy (non-hydrogen) atoms. The van der Waals surface area contributed by atoms with Crippen LogP contribution in [0.5, 0.6) is 11.5 Å². The Morgan fingerprint density at radius 2 is 1.23 bits per heavy atom. The third kappa shape index (κ3) is 5.44. The van der Waals surface area contributed by atoms with Crippen LogP contribution in [0.25, 0.3) is 0 Å². The molecule has 0 aromatic heterocycles. The molecule has 5 aliphatic rings. The first-order chi connectivity index (χ1) is 22.5. The van der Waals surface area contributed by atoms with E-state index in [0.717, 1.165) is 29.3 Å². The molecule has 0 radical (unpaired) electrons. The average Bonchev–Trinajstić information content (AvgIpc) is 3.04. The monoisotopic (exact) mass is 661 g/mol. The largest absolute Gasteiger partial charge is 0.456 e. The third-order valence-electron chi connectivity index (χ3n) is 11.7. The lowest BCUT2D eigenvalue weighted by Gasteiger charge is -2.59. The second-order valence-electron chi connectivity index (χ2n) is 16.3. The second kappa shape index (κ2) is 11.7. The SMILES string of the molecule is CC1(C)c2cccc([C@@H](N[S@@](=O)C(C)(C)C)C34CC5CC(CC(C5)C3)C4)c2Oc2c(P(c3ccccc3)c3ccccc3)cccc21. The Balaban J connectivity index is 1.30. The number of hydrogen-bond donors (Lipinski definition) is 1. The summed E-state index contributed by atoms with van der Waals surface area (Å²) in [6.45, 7) is 11.0. The molecule has 0 saturated heterocycles. The molecule has 1 N–H and O–H groups in total. The molecule has 9 rings (SSSR count). The average molecular weight is 662 g/mol. The number of benzene rings is 4. The Kier molecular flexibility index (Phi) is 7.82. The standard InChI is InChI=1S/C42H48NO2PS/c1-40(2,3)47(44)43-39(42-25-28-22-29(26-42)24-30(23-28)27-42)33-18-12-19-34-37(33)45-38-35(41(34,4)5)20-13-21-36(38)46(31-14-8-6-9-15-31)32-16-10-7-11-17-32/h6-21,28-30,39,43H,22-27H2,1-5H3/t28?,29?,30?,39-,42?,47+/m1/s1. The van der Waals surface area contributed by atoms with E-state index in [-0.39, 0.29) is 21.6 Å². The predicted octanol–water partition coefficient (Wildman–Crippen LogP) is 9.19. The molecule has 4 aromatic carbocycles. The zero-order valence-electron chi connectivity index (χ0n) is 28.5. The van der Waals surface area contributed by atoms with Gasteiger partial charge in [0.1, 0.15) is 11.5 Å². The molecule has 244 valence electrons. The van der Waals surface area contributed by atoms with Gasteiger partial charge in [-0.1, -0.05) is 111 Å². The van der Waals surface area contributed by atoms with Crippen LogP contribution in [0.15, 0.2) is 97.1 Å². The summed E-state index contributed by atoms with van der Waals surface area (Å²) in [5.74, 6) is 4.35. The molecule has 0 unspecified atom stereocenters. The van der Waals surface area contributed by atoms with Crippen LogP contribution < -0.4 is 25.4 Å². The van der Waals surface area contributed by atoms with Crippen molar-refractivity contribution < 1.29 is 8.95 Å². The zero-order chi connectivity index (χ0) is 32.6. The van der Waals surface area contributed by atoms with Crippen molar-refractivity contribution in [2.24, 2.45) is 23.2 Å². The fourth-order valence-electron chi connectivity index (χ4n) is 9.85. The van der Waals surface area contributed by atoms with E-state index in [1.165, 1.54) is 71.1 Å². The summed E-state index contributed by atoms with van der Waals surface area (Å²) >= 11 is 0. The van der Waals surface area contributed by atoms with Gasteiger partial charge in [-0.2, -0.15) is 0 Å². The van der Waals surface area contributed by atoms with Gasteiger partial charge in [0.25, 0.3) is 0 Å². The zero-order valence-corrected chi connectivity index (χ0v) is 30.2. The quantitative estimate of drug-likeness (QED) is 0.201. The maximum atomic E-state index is 14.1. The lowest BCUT2D eigenvalue weighted by atomic mass is 9.47. The van der Waals surface area contributed by atoms with Gasteiger partial charge in [0.15, 0.2) is 0 Å². The highest BCUT2D eigenvalue weighted by molar-refractivity contribution is 7.84. The van der Waals surface area contributed by atoms with Crippen LogP contribution in [0.2, 0.25) is 0 Å². The molecular weight excluding hydrogens is 614 g/mol. The summed E-state index contributed by atoms with van der Waals surface area (Å²) in [6.07, 6.45) is 7.80. The summed E-state index contributed by atoms with van der Waals surface area (Å²) in [5.41, 5.74) is 3.48. The van der Waals surface area contributed by atoms with Gasteiger partial charge in [0, 0.05) is 27.4 Å². The minimum atomic E-state index is -1.21. The Labute approximate surface area is 285 Å². The van der Waals surface area contributed by atoms with E-state index in [4.69, 9.17) is 4.74 Å². The topological polar surface area (TPSA) is 38.3 Å². The van der Waals surface area contributed by atoms with E-state index in [9.17, 15) is 4.21 Å². The van der Waals surface area contributed by atoms with Crippen LogP contribution in [0.3, 0.4) is 0 Å². The molecule has 3 nitrogen and oxygen atoms in total. The third-order valence-corrected chi connectivity index (χ3v) is 15.7. The summed E-state index contributed by atoms with van der Waals surface area (Å²) in [6, 6.07) is 35.4. The summed E-state index contributed by atoms with van der Waals surface area (Å²) < 4.78 is 24.9. The first kappa shape index (κ1) is 31.5. The van der Waals surface area contributed by atoms with Gasteiger partial charge in [-0.25, -0.2) is 8.93 Å². The Bertz CT molecular complexity index is 1740. The fraction of sp³-hybridized carbons (Fsp3) is 0.429. The molecule has 5 heteroatoms. The van der Waals surface area contributed by atoms with E-state index in [2.05, 4.69) is 136 Å². The molecule has 4 fully saturated rings. The van der Waals surface area contributed by atoms with Crippen molar-refractivity contribution in [1.29, 1.82) is 0 Å². The molecule has 4 saturated carbocycles. The Morgan fingerprint density at radius 3 is 1.77 bits per heavy atom. The normalized spacial score (nSPS) is 26.7. The van der Waals surface area contributed by atoms with Crippen molar-refractivity contribution >= 4 is 34.8 Å². The molecule has 0 spiro atoms. The van der Waals surface area contributed by atoms with E-state index in [1.54, 1.807) is 0 Å². The molecular formula is C42H48NO2PS. The first-order valence-corrected chi connectivity index (χ1v) is 20.1. The maximum absolute atomic E-state index is 14.1. The Morgan fingerprint density at radius 1 is 0.723 bits per heavy atom. The molecule has 1 aliphatic heterocycles. The predicted molar refractivity (Wildman–Crippen MR) is 198 cm³/mol. The van der Waals surface area contributed by atoms with Crippen LogP contribution in [-0.4, -0.2) is 8.96 Å². The molecule has 4 aromatic rings. The van der Waals surface area contributed by atoms with Crippen molar-refractivity contribution in [3.05, 3.63) is 114 Å². The van der Waals surface area contributed by atoms with E-state index >= 15 is 0 Å². The maximum Gasteiger partial charge on any atom is 0.139 e. The van der Waals surface area contributed by atoms with Crippen LogP contribution >= 0.6 is 7.92 Å². The molecule has 2 atom stereocenters. The van der Waals surface area contributed by atoms with Crippen molar-refractivity contribution in [3.8, 4) is 11.5 Å². The highest BCUT2D eigenvalue weighted by Crippen LogP contribution is 2.65. The van der Waals surface area contributed by atoms with Crippen LogP contribution in [0, 0.1) is 23.2 Å². The van der Waals surface area contributed by atoms with E-state index in [1.807, 2.05) is 0 Å². The highest BCUT2D eigenvalue weighted by atomic mass is 32.2. The summed E-state index contributed by atoms with van der Waals surface area (Å²) in [5, 5.41) is 3.88. The van der Waals surface area contributed by atoms with E-state index in [0.29, 0.717) is 0 Å². The number of nitrogens with one attached hydrogen (secondary N) is 1. The number of hydrogen-bond acceptors (Lipinski definition) is 2. The van der Waals surface area contributed by atoms with Crippen LogP contribution in [0.1, 0.15) is 95.9 Å².